The molecule has 16 amide bonds. The molecule has 0 unspecified atom stereocenters. The number of phenols is 1. The number of carbonyl (C=O) groups excluding carboxylic acids is 16. The van der Waals surface area contributed by atoms with Gasteiger partial charge >= 0.3 is 23.9 Å². The fraction of sp³-hybridized carbons (Fsp3) is 0.508. The molecule has 43 nitrogen and oxygen atoms in total. The van der Waals surface area contributed by atoms with Crippen LogP contribution < -0.4 is 92.1 Å². The summed E-state index contributed by atoms with van der Waals surface area (Å²) in [5.41, 5.74) is 23.0. The van der Waals surface area contributed by atoms with Gasteiger partial charge in [-0.3, -0.25) is 91.1 Å². The zero-order chi connectivity index (χ0) is 81.7. The Balaban J connectivity index is 2.41. The van der Waals surface area contributed by atoms with E-state index in [2.05, 4.69) is 53.2 Å². The molecule has 0 aliphatic rings. The van der Waals surface area contributed by atoms with E-state index >= 15 is 0 Å². The molecule has 2 aromatic rings. The molecule has 0 heterocycles. The number of carbonyl (C=O) groups is 20. The number of aliphatic carboxylic acids is 4. The number of nitrogens with two attached hydrogens (primary N) is 4. The van der Waals surface area contributed by atoms with Gasteiger partial charge in [-0.05, 0) is 54.4 Å². The Morgan fingerprint density at radius 3 is 1.21 bits per heavy atom. The highest BCUT2D eigenvalue weighted by Gasteiger charge is 2.39. The lowest BCUT2D eigenvalue weighted by Crippen LogP contribution is -2.62. The van der Waals surface area contributed by atoms with Crippen LogP contribution in [0.4, 0.5) is 0 Å². The van der Waals surface area contributed by atoms with Gasteiger partial charge in [-0.15, -0.1) is 0 Å². The Bertz CT molecular complexity index is 3590. The summed E-state index contributed by atoms with van der Waals surface area (Å²) in [6.07, 6.45) is -7.36. The van der Waals surface area contributed by atoms with Crippen molar-refractivity contribution in [2.24, 2.45) is 34.8 Å². The monoisotopic (exact) mass is 1530 g/mol. The van der Waals surface area contributed by atoms with Crippen LogP contribution in [0.3, 0.4) is 0 Å². The van der Waals surface area contributed by atoms with Gasteiger partial charge in [-0.2, -0.15) is 0 Å². The van der Waals surface area contributed by atoms with Crippen LogP contribution in [0.15, 0.2) is 54.6 Å². The normalized spacial score (nSPS) is 14.4. The quantitative estimate of drug-likeness (QED) is 0.0292. The number of carboxylic acid groups (broad SMARTS) is 4. The van der Waals surface area contributed by atoms with Crippen molar-refractivity contribution in [2.45, 2.75) is 171 Å². The van der Waals surface area contributed by atoms with E-state index in [4.69, 9.17) is 28.0 Å². The average molecular weight is 1530 g/mol. The van der Waals surface area contributed by atoms with Crippen LogP contribution in [0.1, 0.15) is 103 Å². The van der Waals surface area contributed by atoms with E-state index in [0.29, 0.717) is 0 Å². The molecule has 0 aliphatic carbocycles. The number of phenolic OH excluding ortho intramolecular Hbond substituents is 1. The summed E-state index contributed by atoms with van der Waals surface area (Å²) in [5, 5.41) is 86.3. The van der Waals surface area contributed by atoms with Gasteiger partial charge in [0.15, 0.2) is 0 Å². The average Bonchev–Trinajstić information content (AvgIpc) is 0.851. The molecule has 2 aromatic carbocycles. The standard InChI is InChI=1S/C65H93N17O26/c1-5-30(3)53(81-49(90)27-70-47(88)26-71-55(97)35(66)20-32-10-8-7-9-11-32)63(105)78-40(23-50(91)92)60(102)76-41(24-51(93)94)61(103)82-54(31(4)6-2)64(106)77-39(22-46(69)87)59(101)74-37(17-19-45(68)86)58(100)75-38(21-33-12-14-34(84)15-13-33)56(98)72-28-48(89)73-36(16-18-44(67)85)57(99)80-43(29-83)62(104)79-42(65(107)108)25-52(95)96/h7-15,30-31,35-43,53-54,83-84H,5-6,16-29,66H2,1-4H3,(H2,67,85)(H2,68,86)(H2,69,87)(H,70,88)(H,71,97)(H,72,98)(H,73,89)(H,74,101)(H,75,100)(H,76,102)(H,77,106)(H,78,105)(H,79,104)(H,80,99)(H,81,90)(H,82,103)(H,91,92)(H,93,94)(H,95,96)(H,107,108)/t30-,31-,35-,36-,37-,38-,39-,40-,41-,42-,43-,53-,54-/m0/s1. The Kier molecular flexibility index (Phi) is 39.4. The number of nitrogens with one attached hydrogen (secondary N) is 13. The topological polar surface area (TPSA) is 723 Å². The maximum Gasteiger partial charge on any atom is 0.326 e. The summed E-state index contributed by atoms with van der Waals surface area (Å²) < 4.78 is 0. The zero-order valence-electron chi connectivity index (χ0n) is 59.2. The van der Waals surface area contributed by atoms with Crippen molar-refractivity contribution in [3.8, 4) is 5.75 Å². The number of amides is 16. The molecule has 0 saturated heterocycles. The second-order valence-electron chi connectivity index (χ2n) is 24.7. The van der Waals surface area contributed by atoms with Crippen LogP contribution in [0.25, 0.3) is 0 Å². The smallest absolute Gasteiger partial charge is 0.326 e. The van der Waals surface area contributed by atoms with Crippen LogP contribution in [-0.2, 0) is 109 Å². The number of aromatic hydroxyl groups is 1. The number of aliphatic hydroxyl groups is 1. The minimum Gasteiger partial charge on any atom is -0.508 e. The van der Waals surface area contributed by atoms with Gasteiger partial charge in [0.25, 0.3) is 0 Å². The van der Waals surface area contributed by atoms with Crippen LogP contribution in [0.2, 0.25) is 0 Å². The van der Waals surface area contributed by atoms with Crippen LogP contribution in [0.5, 0.6) is 5.75 Å². The summed E-state index contributed by atoms with van der Waals surface area (Å²) in [6.45, 7) is 2.38. The lowest BCUT2D eigenvalue weighted by molar-refractivity contribution is -0.147. The number of benzene rings is 2. The first-order chi connectivity index (χ1) is 50.7. The first-order valence-corrected chi connectivity index (χ1v) is 33.4. The van der Waals surface area contributed by atoms with Gasteiger partial charge < -0.3 is 123 Å². The summed E-state index contributed by atoms with van der Waals surface area (Å²) in [6, 6.07) is -6.54. The van der Waals surface area contributed by atoms with Crippen LogP contribution >= 0.6 is 0 Å². The minimum atomic E-state index is -2.19. The van der Waals surface area contributed by atoms with E-state index in [1.54, 1.807) is 37.3 Å². The molecule has 0 bridgehead atoms. The van der Waals surface area contributed by atoms with Gasteiger partial charge in [0, 0.05) is 19.3 Å². The highest BCUT2D eigenvalue weighted by Crippen LogP contribution is 2.15. The van der Waals surface area contributed by atoms with Gasteiger partial charge in [-0.1, -0.05) is 83.0 Å². The Morgan fingerprint density at radius 2 is 0.741 bits per heavy atom. The first kappa shape index (κ1) is 91.6. The summed E-state index contributed by atoms with van der Waals surface area (Å²) in [5.74, 6) is -27.8. The summed E-state index contributed by atoms with van der Waals surface area (Å²) in [7, 11) is 0. The molecule has 13 atom stereocenters. The number of hydrogen-bond acceptors (Lipinski definition) is 23. The molecule has 0 aliphatic heterocycles. The predicted molar refractivity (Wildman–Crippen MR) is 369 cm³/mol. The number of carboxylic acids is 4. The number of primary amides is 3. The Hall–Kier alpha value is -12.4. The third-order valence-corrected chi connectivity index (χ3v) is 16.1. The van der Waals surface area contributed by atoms with Gasteiger partial charge in [0.2, 0.25) is 94.5 Å². The fourth-order valence-electron chi connectivity index (χ4n) is 9.74. The second kappa shape index (κ2) is 46.4. The van der Waals surface area contributed by atoms with E-state index in [9.17, 15) is 121 Å². The second-order valence-corrected chi connectivity index (χ2v) is 24.7. The lowest BCUT2D eigenvalue weighted by Gasteiger charge is -2.29. The maximum atomic E-state index is 14.3. The number of aliphatic hydroxyl groups excluding tert-OH is 1. The summed E-state index contributed by atoms with van der Waals surface area (Å²) in [4.78, 5) is 260. The molecule has 43 heteroatoms. The molecule has 2 rings (SSSR count). The fourth-order valence-corrected chi connectivity index (χ4v) is 9.74. The Labute approximate surface area is 615 Å². The van der Waals surface area contributed by atoms with E-state index in [1.165, 1.54) is 45.0 Å². The van der Waals surface area contributed by atoms with Crippen LogP contribution in [0, 0.1) is 11.8 Å². The lowest BCUT2D eigenvalue weighted by atomic mass is 9.96. The number of hydrogen-bond donors (Lipinski definition) is 23. The van der Waals surface area contributed by atoms with Crippen LogP contribution in [-0.4, -0.2) is 242 Å². The highest BCUT2D eigenvalue weighted by atomic mass is 16.4. The molecular weight excluding hydrogens is 1430 g/mol. The van der Waals surface area contributed by atoms with Gasteiger partial charge in [0.1, 0.15) is 66.2 Å². The molecular formula is C65H93N17O26. The number of rotatable bonds is 50. The van der Waals surface area contributed by atoms with E-state index in [0.717, 1.165) is 5.56 Å². The Morgan fingerprint density at radius 1 is 0.370 bits per heavy atom. The molecule has 0 saturated carbocycles. The van der Waals surface area contributed by atoms with Crippen molar-refractivity contribution in [1.29, 1.82) is 0 Å². The maximum absolute atomic E-state index is 14.3. The molecule has 594 valence electrons. The molecule has 0 aromatic heterocycles. The van der Waals surface area contributed by atoms with Gasteiger partial charge in [-0.25, -0.2) is 4.79 Å². The third kappa shape index (κ3) is 34.4. The van der Waals surface area contributed by atoms with E-state index in [-0.39, 0.29) is 30.6 Å². The third-order valence-electron chi connectivity index (χ3n) is 16.1. The molecule has 108 heavy (non-hydrogen) atoms. The summed E-state index contributed by atoms with van der Waals surface area (Å²) >= 11 is 0. The van der Waals surface area contributed by atoms with Crippen molar-refractivity contribution < 1.29 is 127 Å². The molecule has 0 spiro atoms. The molecule has 0 radical (unpaired) electrons. The van der Waals surface area contributed by atoms with Crippen molar-refractivity contribution in [2.75, 3.05) is 26.2 Å². The van der Waals surface area contributed by atoms with Crippen molar-refractivity contribution >= 4 is 118 Å². The predicted octanol–water partition coefficient (Wildman–Crippen LogP) is -9.30. The zero-order valence-corrected chi connectivity index (χ0v) is 59.2. The highest BCUT2D eigenvalue weighted by molar-refractivity contribution is 6.01. The first-order valence-electron chi connectivity index (χ1n) is 33.4. The van der Waals surface area contributed by atoms with Crippen molar-refractivity contribution in [1.82, 2.24) is 69.1 Å². The van der Waals surface area contributed by atoms with Gasteiger partial charge in [0.05, 0.1) is 58.0 Å². The largest absolute Gasteiger partial charge is 0.508 e. The van der Waals surface area contributed by atoms with E-state index < -0.39 is 281 Å². The van der Waals surface area contributed by atoms with E-state index in [1.807, 2.05) is 16.0 Å². The minimum absolute atomic E-state index is 0.0105. The molecule has 0 fully saturated rings. The van der Waals surface area contributed by atoms with Crippen molar-refractivity contribution in [3.63, 3.8) is 0 Å². The molecule has 27 N–H and O–H groups in total. The SMILES string of the molecule is CC[C@H](C)[C@H](NC(=O)CNC(=O)CNC(=O)[C@@H](N)Cc1ccccc1)C(=O)N[C@@H](CC(=O)O)C(=O)N[C@@H](CC(=O)O)C(=O)N[C@H](C(=O)N[C@@H](CC(N)=O)C(=O)N[C@@H](CCC(N)=O)C(=O)N[C@@H](Cc1ccc(O)cc1)C(=O)NCC(=O)N[C@@H](CCC(N)=O)C(=O)N[C@@H](CO)C(=O)N[C@@H](CC(=O)O)C(=O)O)[C@@H](C)CC. The van der Waals surface area contributed by atoms with Crippen molar-refractivity contribution in [3.05, 3.63) is 65.7 Å².